The lowest BCUT2D eigenvalue weighted by Gasteiger charge is -2.38. The number of aliphatic hydroxyl groups is 1. The molecule has 6 heteroatoms. The first-order valence-corrected chi connectivity index (χ1v) is 9.41. The molecule has 1 aliphatic rings. The van der Waals surface area contributed by atoms with Gasteiger partial charge in [-0.25, -0.2) is 0 Å². The van der Waals surface area contributed by atoms with E-state index in [-0.39, 0.29) is 5.43 Å². The Morgan fingerprint density at radius 1 is 1.11 bits per heavy atom. The molecular formula is C22H23N3O3. The van der Waals surface area contributed by atoms with E-state index in [1.165, 1.54) is 6.07 Å². The van der Waals surface area contributed by atoms with Crippen LogP contribution >= 0.6 is 0 Å². The van der Waals surface area contributed by atoms with Crippen molar-refractivity contribution in [3.8, 4) is 0 Å². The number of hydrogen-bond acceptors (Lipinski definition) is 4. The average Bonchev–Trinajstić information content (AvgIpc) is 2.70. The molecule has 0 atom stereocenters. The molecule has 1 saturated heterocycles. The number of amides is 1. The second kappa shape index (κ2) is 7.22. The molecule has 0 unspecified atom stereocenters. The fraction of sp³-hybridized carbons (Fsp3) is 0.273. The summed E-state index contributed by atoms with van der Waals surface area (Å²) in [7, 11) is 0. The number of H-pyrrole nitrogens is 1. The van der Waals surface area contributed by atoms with Crippen LogP contribution in [0.25, 0.3) is 10.9 Å². The van der Waals surface area contributed by atoms with Gasteiger partial charge in [0.25, 0.3) is 0 Å². The molecule has 3 aromatic rings. The third kappa shape index (κ3) is 3.56. The second-order valence-corrected chi connectivity index (χ2v) is 7.46. The molecule has 2 aromatic carbocycles. The Bertz CT molecular complexity index is 1070. The van der Waals surface area contributed by atoms with Crippen LogP contribution in [0.3, 0.4) is 0 Å². The lowest BCUT2D eigenvalue weighted by Crippen LogP contribution is -2.42. The monoisotopic (exact) mass is 377 g/mol. The van der Waals surface area contributed by atoms with Crippen LogP contribution in [0.1, 0.15) is 34.5 Å². The zero-order valence-corrected chi connectivity index (χ0v) is 15.5. The summed E-state index contributed by atoms with van der Waals surface area (Å²) in [5.74, 6) is -0.551. The van der Waals surface area contributed by atoms with Crippen molar-refractivity contribution < 1.29 is 9.90 Å². The van der Waals surface area contributed by atoms with Crippen molar-refractivity contribution in [2.24, 2.45) is 5.73 Å². The van der Waals surface area contributed by atoms with E-state index in [2.05, 4.69) is 9.88 Å². The molecule has 28 heavy (non-hydrogen) atoms. The van der Waals surface area contributed by atoms with Crippen molar-refractivity contribution in [3.63, 3.8) is 0 Å². The first-order chi connectivity index (χ1) is 13.4. The number of carbonyl (C=O) groups excluding carboxylic acids is 1. The van der Waals surface area contributed by atoms with Crippen molar-refractivity contribution in [2.75, 3.05) is 13.1 Å². The largest absolute Gasteiger partial charge is 0.385 e. The van der Waals surface area contributed by atoms with Crippen LogP contribution in [-0.2, 0) is 12.1 Å². The molecule has 1 amide bonds. The van der Waals surface area contributed by atoms with Crippen molar-refractivity contribution in [1.29, 1.82) is 0 Å². The smallest absolute Gasteiger partial charge is 0.248 e. The highest BCUT2D eigenvalue weighted by molar-refractivity contribution is 5.96. The van der Waals surface area contributed by atoms with E-state index >= 15 is 0 Å². The van der Waals surface area contributed by atoms with Crippen molar-refractivity contribution in [1.82, 2.24) is 9.88 Å². The molecule has 0 spiro atoms. The van der Waals surface area contributed by atoms with E-state index < -0.39 is 11.5 Å². The summed E-state index contributed by atoms with van der Waals surface area (Å²) in [6.45, 7) is 2.09. The summed E-state index contributed by atoms with van der Waals surface area (Å²) < 4.78 is 0. The van der Waals surface area contributed by atoms with E-state index in [0.717, 1.165) is 24.3 Å². The number of pyridine rings is 1. The molecule has 1 aliphatic heterocycles. The third-order valence-electron chi connectivity index (χ3n) is 5.56. The molecule has 2 heterocycles. The van der Waals surface area contributed by atoms with Gasteiger partial charge in [0, 0.05) is 47.9 Å². The Balaban J connectivity index is 1.50. The van der Waals surface area contributed by atoms with Gasteiger partial charge in [-0.2, -0.15) is 0 Å². The fourth-order valence-corrected chi connectivity index (χ4v) is 3.90. The number of carbonyl (C=O) groups is 1. The molecule has 4 rings (SSSR count). The van der Waals surface area contributed by atoms with E-state index in [4.69, 9.17) is 5.73 Å². The van der Waals surface area contributed by atoms with Gasteiger partial charge in [-0.3, -0.25) is 14.5 Å². The maximum Gasteiger partial charge on any atom is 0.248 e. The summed E-state index contributed by atoms with van der Waals surface area (Å²) in [5.41, 5.74) is 7.15. The number of benzene rings is 2. The predicted molar refractivity (Wildman–Crippen MR) is 108 cm³/mol. The Morgan fingerprint density at radius 2 is 1.82 bits per heavy atom. The van der Waals surface area contributed by atoms with Crippen LogP contribution in [0.5, 0.6) is 0 Å². The van der Waals surface area contributed by atoms with Gasteiger partial charge in [0.15, 0.2) is 5.43 Å². The van der Waals surface area contributed by atoms with Gasteiger partial charge in [0.2, 0.25) is 5.91 Å². The zero-order chi connectivity index (χ0) is 19.7. The summed E-state index contributed by atoms with van der Waals surface area (Å²) in [6, 6.07) is 16.2. The summed E-state index contributed by atoms with van der Waals surface area (Å²) >= 11 is 0. The minimum absolute atomic E-state index is 0.135. The molecule has 0 bridgehead atoms. The molecule has 0 saturated carbocycles. The van der Waals surface area contributed by atoms with Gasteiger partial charge in [-0.1, -0.05) is 30.3 Å². The Labute approximate surface area is 162 Å². The van der Waals surface area contributed by atoms with E-state index in [9.17, 15) is 14.7 Å². The molecule has 0 aliphatic carbocycles. The highest BCUT2D eigenvalue weighted by atomic mass is 16.3. The lowest BCUT2D eigenvalue weighted by molar-refractivity contribution is -0.0279. The molecule has 144 valence electrons. The molecule has 4 N–H and O–H groups in total. The first-order valence-electron chi connectivity index (χ1n) is 9.41. The van der Waals surface area contributed by atoms with E-state index in [0.29, 0.717) is 35.9 Å². The number of likely N-dealkylation sites (tertiary alicyclic amines) is 1. The van der Waals surface area contributed by atoms with E-state index in [1.807, 2.05) is 30.3 Å². The number of rotatable bonds is 4. The minimum Gasteiger partial charge on any atom is -0.385 e. The second-order valence-electron chi connectivity index (χ2n) is 7.46. The minimum atomic E-state index is -0.792. The van der Waals surface area contributed by atoms with Gasteiger partial charge in [0.05, 0.1) is 5.60 Å². The normalized spacial score (nSPS) is 16.9. The quantitative estimate of drug-likeness (QED) is 0.648. The predicted octanol–water partition coefficient (Wildman–Crippen LogP) is 2.11. The summed E-state index contributed by atoms with van der Waals surface area (Å²) in [4.78, 5) is 29.3. The number of nitrogens with zero attached hydrogens (tertiary/aromatic N) is 1. The standard InChI is InChI=1S/C22H23N3O3/c23-21(27)15-6-7-19-18(12-15)20(26)13-17(24-19)14-25-10-8-22(28,9-11-25)16-4-2-1-3-5-16/h1-7,12-13,28H,8-11,14H2,(H2,23,27)(H,24,26). The number of nitrogens with two attached hydrogens (primary N) is 1. The molecular weight excluding hydrogens is 354 g/mol. The van der Waals surface area contributed by atoms with Crippen LogP contribution in [0.15, 0.2) is 59.4 Å². The summed E-state index contributed by atoms with van der Waals surface area (Å²) in [5, 5.41) is 11.4. The van der Waals surface area contributed by atoms with Crippen molar-refractivity contribution in [2.45, 2.75) is 25.0 Å². The van der Waals surface area contributed by atoms with Crippen LogP contribution in [0.2, 0.25) is 0 Å². The molecule has 6 nitrogen and oxygen atoms in total. The van der Waals surface area contributed by atoms with Gasteiger partial charge in [-0.15, -0.1) is 0 Å². The highest BCUT2D eigenvalue weighted by Crippen LogP contribution is 2.32. The van der Waals surface area contributed by atoms with Gasteiger partial charge >= 0.3 is 0 Å². The molecule has 1 aromatic heterocycles. The van der Waals surface area contributed by atoms with Crippen molar-refractivity contribution >= 4 is 16.8 Å². The van der Waals surface area contributed by atoms with Crippen LogP contribution < -0.4 is 11.2 Å². The zero-order valence-electron chi connectivity index (χ0n) is 15.5. The Hall–Kier alpha value is -2.96. The number of primary amides is 1. The fourth-order valence-electron chi connectivity index (χ4n) is 3.90. The number of aromatic amines is 1. The first kappa shape index (κ1) is 18.4. The van der Waals surface area contributed by atoms with Crippen LogP contribution in [0.4, 0.5) is 0 Å². The topological polar surface area (TPSA) is 99.4 Å². The Kier molecular flexibility index (Phi) is 4.75. The average molecular weight is 377 g/mol. The van der Waals surface area contributed by atoms with Crippen molar-refractivity contribution in [3.05, 3.63) is 81.6 Å². The number of piperidine rings is 1. The molecule has 1 fully saturated rings. The van der Waals surface area contributed by atoms with Gasteiger partial charge in [0.1, 0.15) is 0 Å². The summed E-state index contributed by atoms with van der Waals surface area (Å²) in [6.07, 6.45) is 1.30. The Morgan fingerprint density at radius 3 is 2.50 bits per heavy atom. The number of nitrogens with one attached hydrogen (secondary N) is 1. The van der Waals surface area contributed by atoms with Gasteiger partial charge < -0.3 is 15.8 Å². The lowest BCUT2D eigenvalue weighted by atomic mass is 9.84. The highest BCUT2D eigenvalue weighted by Gasteiger charge is 2.33. The molecule has 0 radical (unpaired) electrons. The number of fused-ring (bicyclic) bond motifs is 1. The van der Waals surface area contributed by atoms with Crippen LogP contribution in [0, 0.1) is 0 Å². The van der Waals surface area contributed by atoms with Gasteiger partial charge in [-0.05, 0) is 36.6 Å². The van der Waals surface area contributed by atoms with E-state index in [1.54, 1.807) is 18.2 Å². The number of hydrogen-bond donors (Lipinski definition) is 3. The third-order valence-corrected chi connectivity index (χ3v) is 5.56. The van der Waals surface area contributed by atoms with Crippen LogP contribution in [-0.4, -0.2) is 34.0 Å². The maximum absolute atomic E-state index is 12.5. The maximum atomic E-state index is 12.5. The number of aromatic nitrogens is 1. The SMILES string of the molecule is NC(=O)c1ccc2[nH]c(CN3CCC(O)(c4ccccc4)CC3)cc(=O)c2c1.